The van der Waals surface area contributed by atoms with Gasteiger partial charge in [-0.25, -0.2) is 14.8 Å². The second-order valence-electron chi connectivity index (χ2n) is 9.60. The zero-order valence-electron chi connectivity index (χ0n) is 23.6. The first-order valence-corrected chi connectivity index (χ1v) is 14.7. The van der Waals surface area contributed by atoms with Gasteiger partial charge in [-0.05, 0) is 79.1 Å². The first-order chi connectivity index (χ1) is 21.2. The number of oxazole rings is 2. The topological polar surface area (TPSA) is 146 Å². The van der Waals surface area contributed by atoms with Crippen LogP contribution in [0, 0.1) is 36.5 Å². The number of nitrogens with zero attached hydrogens (tertiary/aromatic N) is 4. The highest BCUT2D eigenvalue weighted by atomic mass is 79.9. The van der Waals surface area contributed by atoms with Gasteiger partial charge in [-0.3, -0.25) is 0 Å². The van der Waals surface area contributed by atoms with Gasteiger partial charge in [0.15, 0.2) is 11.2 Å². The summed E-state index contributed by atoms with van der Waals surface area (Å²) < 4.78 is 18.2. The Morgan fingerprint density at radius 3 is 1.82 bits per heavy atom. The molecule has 0 aliphatic heterocycles. The van der Waals surface area contributed by atoms with Crippen molar-refractivity contribution >= 4 is 60.0 Å². The SMILES string of the molecule is COC(=O)c1cc(C#N)c2oc(-c3cccc(Br)c3C)nc2c1.Cc1c(Br)cccc1-c1nc2cc(CO)cc(C#N)c2o1. The number of aliphatic hydroxyl groups excluding tert-OH is 1. The summed E-state index contributed by atoms with van der Waals surface area (Å²) in [5, 5.41) is 27.8. The molecule has 2 aromatic heterocycles. The predicted octanol–water partition coefficient (Wildman–Crippen LogP) is 8.15. The Morgan fingerprint density at radius 1 is 0.841 bits per heavy atom. The van der Waals surface area contributed by atoms with E-state index in [1.54, 1.807) is 18.2 Å². The number of methoxy groups -OCH3 is 1. The van der Waals surface area contributed by atoms with E-state index in [-0.39, 0.29) is 17.7 Å². The summed E-state index contributed by atoms with van der Waals surface area (Å²) in [6.07, 6.45) is 0. The molecule has 0 amide bonds. The summed E-state index contributed by atoms with van der Waals surface area (Å²) in [5.41, 5.74) is 7.04. The van der Waals surface area contributed by atoms with Crippen LogP contribution in [0.4, 0.5) is 0 Å². The Morgan fingerprint density at radius 2 is 1.34 bits per heavy atom. The number of nitriles is 2. The molecular formula is C33H22Br2N4O5. The Balaban J connectivity index is 0.000000175. The molecule has 0 aliphatic carbocycles. The number of aliphatic hydroxyl groups is 1. The van der Waals surface area contributed by atoms with Gasteiger partial charge in [0, 0.05) is 20.1 Å². The summed E-state index contributed by atoms with van der Waals surface area (Å²) in [5.74, 6) is 0.347. The van der Waals surface area contributed by atoms with Crippen molar-refractivity contribution in [3.8, 4) is 35.0 Å². The minimum atomic E-state index is -0.522. The van der Waals surface area contributed by atoms with Gasteiger partial charge in [0.05, 0.1) is 30.4 Å². The Labute approximate surface area is 268 Å². The number of fused-ring (bicyclic) bond motifs is 2. The fourth-order valence-electron chi connectivity index (χ4n) is 4.53. The first-order valence-electron chi connectivity index (χ1n) is 13.1. The number of carbonyl (C=O) groups excluding carboxylic acids is 1. The fraction of sp³-hybridized carbons (Fsp3) is 0.121. The average molecular weight is 714 g/mol. The minimum absolute atomic E-state index is 0.136. The number of halogens is 2. The van der Waals surface area contributed by atoms with Crippen molar-refractivity contribution in [2.24, 2.45) is 0 Å². The molecule has 44 heavy (non-hydrogen) atoms. The Bertz CT molecular complexity index is 2150. The lowest BCUT2D eigenvalue weighted by molar-refractivity contribution is 0.0601. The van der Waals surface area contributed by atoms with Crippen molar-refractivity contribution in [2.45, 2.75) is 20.5 Å². The minimum Gasteiger partial charge on any atom is -0.465 e. The summed E-state index contributed by atoms with van der Waals surface area (Å²) >= 11 is 6.96. The molecule has 6 rings (SSSR count). The number of hydrogen-bond donors (Lipinski definition) is 1. The fourth-order valence-corrected chi connectivity index (χ4v) is 5.26. The van der Waals surface area contributed by atoms with Crippen LogP contribution in [0.25, 0.3) is 45.1 Å². The van der Waals surface area contributed by atoms with Crippen molar-refractivity contribution in [1.82, 2.24) is 9.97 Å². The summed E-state index contributed by atoms with van der Waals surface area (Å²) in [7, 11) is 1.29. The quantitative estimate of drug-likeness (QED) is 0.179. The normalized spacial score (nSPS) is 10.6. The molecule has 0 spiro atoms. The van der Waals surface area contributed by atoms with Crippen LogP contribution in [0.2, 0.25) is 0 Å². The summed E-state index contributed by atoms with van der Waals surface area (Å²) in [6.45, 7) is 3.78. The number of ether oxygens (including phenoxy) is 1. The largest absolute Gasteiger partial charge is 0.465 e. The molecule has 6 aromatic rings. The summed E-state index contributed by atoms with van der Waals surface area (Å²) in [4.78, 5) is 20.6. The molecule has 0 aliphatic rings. The molecule has 0 fully saturated rings. The number of carbonyl (C=O) groups is 1. The van der Waals surface area contributed by atoms with Crippen molar-refractivity contribution in [3.05, 3.63) is 103 Å². The van der Waals surface area contributed by atoms with E-state index in [2.05, 4.69) is 47.9 Å². The smallest absolute Gasteiger partial charge is 0.337 e. The molecule has 0 unspecified atom stereocenters. The molecule has 0 bridgehead atoms. The number of rotatable bonds is 4. The van der Waals surface area contributed by atoms with Gasteiger partial charge in [0.25, 0.3) is 0 Å². The standard InChI is InChI=1S/C17H11BrN2O3.C16H11BrN2O2/c1-9-12(4-3-5-13(9)18)16-20-14-7-10(17(21)22-2)6-11(8-19)15(14)23-16;1-9-12(3-2-4-13(9)17)16-19-14-6-10(8-20)5-11(7-18)15(14)21-16/h3-7H,1-2H3;2-6,20H,8H2,1H3. The highest BCUT2D eigenvalue weighted by Crippen LogP contribution is 2.33. The highest BCUT2D eigenvalue weighted by molar-refractivity contribution is 9.10. The molecule has 0 saturated carbocycles. The van der Waals surface area contributed by atoms with Gasteiger partial charge in [0.2, 0.25) is 11.8 Å². The molecule has 1 N–H and O–H groups in total. The van der Waals surface area contributed by atoms with E-state index < -0.39 is 5.97 Å². The van der Waals surface area contributed by atoms with Gasteiger partial charge in [0.1, 0.15) is 23.2 Å². The number of aromatic nitrogens is 2. The van der Waals surface area contributed by atoms with Crippen molar-refractivity contribution in [2.75, 3.05) is 7.11 Å². The van der Waals surface area contributed by atoms with Gasteiger partial charge in [-0.1, -0.05) is 44.0 Å². The van der Waals surface area contributed by atoms with Crippen LogP contribution in [-0.2, 0) is 11.3 Å². The van der Waals surface area contributed by atoms with Crippen LogP contribution >= 0.6 is 31.9 Å². The van der Waals surface area contributed by atoms with E-state index in [0.29, 0.717) is 45.1 Å². The molecule has 11 heteroatoms. The van der Waals surface area contributed by atoms with Crippen LogP contribution in [0.1, 0.15) is 38.2 Å². The highest BCUT2D eigenvalue weighted by Gasteiger charge is 2.18. The van der Waals surface area contributed by atoms with Crippen LogP contribution in [0.3, 0.4) is 0 Å². The first kappa shape index (κ1) is 30.6. The van der Waals surface area contributed by atoms with Crippen molar-refractivity contribution in [3.63, 3.8) is 0 Å². The molecule has 0 saturated heterocycles. The van der Waals surface area contributed by atoms with E-state index in [4.69, 9.17) is 13.6 Å². The molecule has 0 atom stereocenters. The zero-order chi connectivity index (χ0) is 31.5. The van der Waals surface area contributed by atoms with E-state index in [1.807, 2.05) is 56.3 Å². The molecule has 4 aromatic carbocycles. The Kier molecular flexibility index (Phi) is 8.93. The molecule has 9 nitrogen and oxygen atoms in total. The molecular weight excluding hydrogens is 692 g/mol. The maximum Gasteiger partial charge on any atom is 0.337 e. The van der Waals surface area contributed by atoms with Crippen LogP contribution in [0.15, 0.2) is 78.4 Å². The lowest BCUT2D eigenvalue weighted by Gasteiger charge is -2.02. The van der Waals surface area contributed by atoms with Crippen LogP contribution in [-0.4, -0.2) is 28.2 Å². The second-order valence-corrected chi connectivity index (χ2v) is 11.3. The maximum absolute atomic E-state index is 11.7. The summed E-state index contributed by atoms with van der Waals surface area (Å²) in [6, 6.07) is 21.9. The number of esters is 1. The van der Waals surface area contributed by atoms with E-state index in [1.165, 1.54) is 13.2 Å². The van der Waals surface area contributed by atoms with E-state index >= 15 is 0 Å². The third-order valence-electron chi connectivity index (χ3n) is 6.88. The van der Waals surface area contributed by atoms with Gasteiger partial charge in [-0.2, -0.15) is 10.5 Å². The van der Waals surface area contributed by atoms with Crippen LogP contribution < -0.4 is 0 Å². The van der Waals surface area contributed by atoms with Crippen molar-refractivity contribution in [1.29, 1.82) is 10.5 Å². The second kappa shape index (κ2) is 12.8. The van der Waals surface area contributed by atoms with Gasteiger partial charge >= 0.3 is 5.97 Å². The van der Waals surface area contributed by atoms with Gasteiger partial charge < -0.3 is 18.7 Å². The van der Waals surface area contributed by atoms with Crippen molar-refractivity contribution < 1.29 is 23.5 Å². The van der Waals surface area contributed by atoms with Gasteiger partial charge in [-0.15, -0.1) is 0 Å². The molecule has 2 heterocycles. The Hall–Kier alpha value is -4.81. The molecule has 218 valence electrons. The average Bonchev–Trinajstić information content (AvgIpc) is 3.67. The predicted molar refractivity (Wildman–Crippen MR) is 170 cm³/mol. The van der Waals surface area contributed by atoms with E-state index in [0.717, 1.165) is 31.2 Å². The zero-order valence-corrected chi connectivity index (χ0v) is 26.8. The monoisotopic (exact) mass is 712 g/mol. The lowest BCUT2D eigenvalue weighted by atomic mass is 10.1. The number of benzene rings is 4. The maximum atomic E-state index is 11.7. The van der Waals surface area contributed by atoms with E-state index in [9.17, 15) is 20.4 Å². The molecule has 0 radical (unpaired) electrons. The third kappa shape index (κ3) is 5.86. The third-order valence-corrected chi connectivity index (χ3v) is 8.60. The lowest BCUT2D eigenvalue weighted by Crippen LogP contribution is -2.01. The number of hydrogen-bond acceptors (Lipinski definition) is 9. The van der Waals surface area contributed by atoms with Crippen LogP contribution in [0.5, 0.6) is 0 Å².